The van der Waals surface area contributed by atoms with E-state index in [2.05, 4.69) is 32.1 Å². The number of piperazine rings is 1. The second kappa shape index (κ2) is 9.75. The number of aromatic nitrogens is 2. The highest BCUT2D eigenvalue weighted by molar-refractivity contribution is 7.18. The van der Waals surface area contributed by atoms with Crippen molar-refractivity contribution in [2.24, 2.45) is 0 Å². The number of amides is 1. The van der Waals surface area contributed by atoms with Crippen LogP contribution in [0.4, 0.5) is 29.8 Å². The molecule has 0 radical (unpaired) electrons. The van der Waals surface area contributed by atoms with Gasteiger partial charge in [-0.2, -0.15) is 13.2 Å². The fourth-order valence-corrected chi connectivity index (χ4v) is 4.24. The SMILES string of the molecule is CN1CCN(c2ccnc(Nc3ncc(-c4cccc(C(=O)NCC(F)(F)F)c4)s3)c2)CC1. The highest BCUT2D eigenvalue weighted by Gasteiger charge is 2.28. The average molecular weight is 477 g/mol. The summed E-state index contributed by atoms with van der Waals surface area (Å²) < 4.78 is 37.1. The third-order valence-electron chi connectivity index (χ3n) is 5.21. The van der Waals surface area contributed by atoms with E-state index in [1.165, 1.54) is 17.4 Å². The van der Waals surface area contributed by atoms with Crippen LogP contribution in [0.3, 0.4) is 0 Å². The standard InChI is InChI=1S/C22H23F3N6OS/c1-30-7-9-31(10-8-30)17-5-6-26-19(12-17)29-21-27-13-18(33-21)15-3-2-4-16(11-15)20(32)28-14-22(23,24)25/h2-6,11-13H,7-10,14H2,1H3,(H,28,32)(H,26,27,29). The van der Waals surface area contributed by atoms with E-state index in [4.69, 9.17) is 0 Å². The minimum absolute atomic E-state index is 0.154. The fraction of sp³-hybridized carbons (Fsp3) is 0.318. The number of carbonyl (C=O) groups is 1. The second-order valence-corrected chi connectivity index (χ2v) is 8.75. The maximum Gasteiger partial charge on any atom is 0.405 e. The van der Waals surface area contributed by atoms with E-state index in [1.54, 1.807) is 30.6 Å². The lowest BCUT2D eigenvalue weighted by atomic mass is 10.1. The molecule has 1 saturated heterocycles. The fourth-order valence-electron chi connectivity index (χ4n) is 3.42. The summed E-state index contributed by atoms with van der Waals surface area (Å²) >= 11 is 1.37. The monoisotopic (exact) mass is 476 g/mol. The molecule has 11 heteroatoms. The summed E-state index contributed by atoms with van der Waals surface area (Å²) in [6, 6.07) is 10.4. The van der Waals surface area contributed by atoms with Gasteiger partial charge >= 0.3 is 6.18 Å². The lowest BCUT2D eigenvalue weighted by Gasteiger charge is -2.34. The van der Waals surface area contributed by atoms with E-state index < -0.39 is 18.6 Å². The van der Waals surface area contributed by atoms with Crippen molar-refractivity contribution in [2.45, 2.75) is 6.18 Å². The maximum atomic E-state index is 12.4. The average Bonchev–Trinajstić information content (AvgIpc) is 3.26. The van der Waals surface area contributed by atoms with Gasteiger partial charge in [0.05, 0.1) is 4.88 Å². The molecule has 1 fully saturated rings. The van der Waals surface area contributed by atoms with Gasteiger partial charge in [-0.3, -0.25) is 4.79 Å². The second-order valence-electron chi connectivity index (χ2n) is 7.72. The topological polar surface area (TPSA) is 73.4 Å². The Morgan fingerprint density at radius 1 is 1.12 bits per heavy atom. The van der Waals surface area contributed by atoms with Gasteiger partial charge in [-0.25, -0.2) is 9.97 Å². The van der Waals surface area contributed by atoms with Crippen LogP contribution in [0.25, 0.3) is 10.4 Å². The molecule has 0 bridgehead atoms. The van der Waals surface area contributed by atoms with Crippen molar-refractivity contribution in [3.05, 3.63) is 54.4 Å². The lowest BCUT2D eigenvalue weighted by molar-refractivity contribution is -0.123. The van der Waals surface area contributed by atoms with Crippen LogP contribution in [0.1, 0.15) is 10.4 Å². The minimum atomic E-state index is -4.46. The smallest absolute Gasteiger partial charge is 0.369 e. The van der Waals surface area contributed by atoms with Crippen LogP contribution >= 0.6 is 11.3 Å². The Labute approximate surface area is 193 Å². The number of hydrogen-bond donors (Lipinski definition) is 2. The summed E-state index contributed by atoms with van der Waals surface area (Å²) in [5.41, 5.74) is 1.94. The third-order valence-corrected chi connectivity index (χ3v) is 6.17. The van der Waals surface area contributed by atoms with Gasteiger partial charge in [0.15, 0.2) is 5.13 Å². The van der Waals surface area contributed by atoms with Gasteiger partial charge in [0.25, 0.3) is 5.91 Å². The summed E-state index contributed by atoms with van der Waals surface area (Å²) in [6.07, 6.45) is -1.04. The van der Waals surface area contributed by atoms with Gasteiger partial charge in [-0.1, -0.05) is 23.5 Å². The van der Waals surface area contributed by atoms with Gasteiger partial charge in [0, 0.05) is 55.9 Å². The number of thiazole rings is 1. The predicted molar refractivity (Wildman–Crippen MR) is 123 cm³/mol. The van der Waals surface area contributed by atoms with Gasteiger partial charge in [0.1, 0.15) is 12.4 Å². The van der Waals surface area contributed by atoms with Crippen molar-refractivity contribution in [1.29, 1.82) is 0 Å². The van der Waals surface area contributed by atoms with Gasteiger partial charge < -0.3 is 20.4 Å². The molecule has 1 aromatic carbocycles. The van der Waals surface area contributed by atoms with Crippen molar-refractivity contribution in [1.82, 2.24) is 20.2 Å². The number of anilines is 3. The Balaban J connectivity index is 1.43. The number of benzene rings is 1. The molecule has 3 aromatic rings. The molecule has 0 aliphatic carbocycles. The Morgan fingerprint density at radius 3 is 2.67 bits per heavy atom. The van der Waals surface area contributed by atoms with Crippen LogP contribution < -0.4 is 15.5 Å². The first-order valence-electron chi connectivity index (χ1n) is 10.3. The third kappa shape index (κ3) is 6.20. The number of halogens is 3. The molecular weight excluding hydrogens is 453 g/mol. The van der Waals surface area contributed by atoms with Crippen LogP contribution in [-0.2, 0) is 0 Å². The molecule has 0 spiro atoms. The number of pyridine rings is 1. The Morgan fingerprint density at radius 2 is 1.91 bits per heavy atom. The van der Waals surface area contributed by atoms with Crippen molar-refractivity contribution in [3.8, 4) is 10.4 Å². The molecule has 0 unspecified atom stereocenters. The quantitative estimate of drug-likeness (QED) is 0.561. The maximum absolute atomic E-state index is 12.4. The predicted octanol–water partition coefficient (Wildman–Crippen LogP) is 3.99. The number of carbonyl (C=O) groups excluding carboxylic acids is 1. The van der Waals surface area contributed by atoms with E-state index >= 15 is 0 Å². The molecule has 7 nitrogen and oxygen atoms in total. The first-order valence-corrected chi connectivity index (χ1v) is 11.2. The van der Waals surface area contributed by atoms with E-state index in [0.29, 0.717) is 16.5 Å². The highest BCUT2D eigenvalue weighted by Crippen LogP contribution is 2.31. The molecular formula is C22H23F3N6OS. The summed E-state index contributed by atoms with van der Waals surface area (Å²) in [5.74, 6) is -0.102. The van der Waals surface area contributed by atoms with Crippen LogP contribution in [0.15, 0.2) is 48.8 Å². The summed E-state index contributed by atoms with van der Waals surface area (Å²) in [5, 5.41) is 5.72. The minimum Gasteiger partial charge on any atom is -0.369 e. The number of alkyl halides is 3. The Hall–Kier alpha value is -3.18. The molecule has 3 heterocycles. The zero-order valence-corrected chi connectivity index (χ0v) is 18.7. The zero-order chi connectivity index (χ0) is 23.4. The van der Waals surface area contributed by atoms with Crippen molar-refractivity contribution >= 4 is 33.9 Å². The van der Waals surface area contributed by atoms with E-state index in [0.717, 1.165) is 36.7 Å². The molecule has 33 heavy (non-hydrogen) atoms. The zero-order valence-electron chi connectivity index (χ0n) is 17.9. The summed E-state index contributed by atoms with van der Waals surface area (Å²) in [6.45, 7) is 2.55. The number of nitrogens with one attached hydrogen (secondary N) is 2. The number of likely N-dealkylation sites (N-methyl/N-ethyl adjacent to an activating group) is 1. The largest absolute Gasteiger partial charge is 0.405 e. The first-order chi connectivity index (χ1) is 15.8. The Kier molecular flexibility index (Phi) is 6.80. The van der Waals surface area contributed by atoms with Crippen LogP contribution in [-0.4, -0.2) is 66.7 Å². The lowest BCUT2D eigenvalue weighted by Crippen LogP contribution is -2.44. The Bertz CT molecular complexity index is 1110. The normalized spacial score (nSPS) is 14.8. The first kappa shape index (κ1) is 23.0. The van der Waals surface area contributed by atoms with E-state index in [-0.39, 0.29) is 5.56 Å². The highest BCUT2D eigenvalue weighted by atomic mass is 32.1. The van der Waals surface area contributed by atoms with Crippen molar-refractivity contribution in [2.75, 3.05) is 50.0 Å². The number of hydrogen-bond acceptors (Lipinski definition) is 7. The molecule has 1 amide bonds. The number of nitrogens with zero attached hydrogens (tertiary/aromatic N) is 4. The number of rotatable bonds is 6. The van der Waals surface area contributed by atoms with Crippen molar-refractivity contribution < 1.29 is 18.0 Å². The summed E-state index contributed by atoms with van der Waals surface area (Å²) in [4.78, 5) is 26.2. The molecule has 2 aromatic heterocycles. The molecule has 0 atom stereocenters. The summed E-state index contributed by atoms with van der Waals surface area (Å²) in [7, 11) is 2.11. The van der Waals surface area contributed by atoms with Crippen molar-refractivity contribution in [3.63, 3.8) is 0 Å². The molecule has 1 aliphatic rings. The van der Waals surface area contributed by atoms with Crippen LogP contribution in [0.2, 0.25) is 0 Å². The van der Waals surface area contributed by atoms with Crippen LogP contribution in [0.5, 0.6) is 0 Å². The van der Waals surface area contributed by atoms with E-state index in [9.17, 15) is 18.0 Å². The molecule has 4 rings (SSSR count). The molecule has 0 saturated carbocycles. The molecule has 174 valence electrons. The van der Waals surface area contributed by atoms with Gasteiger partial charge in [-0.05, 0) is 30.8 Å². The molecule has 2 N–H and O–H groups in total. The van der Waals surface area contributed by atoms with Crippen LogP contribution in [0, 0.1) is 0 Å². The van der Waals surface area contributed by atoms with Gasteiger partial charge in [0.2, 0.25) is 0 Å². The molecule has 1 aliphatic heterocycles. The van der Waals surface area contributed by atoms with E-state index in [1.807, 2.05) is 17.4 Å². The van der Waals surface area contributed by atoms with Gasteiger partial charge in [-0.15, -0.1) is 0 Å².